The van der Waals surface area contributed by atoms with Gasteiger partial charge in [-0.3, -0.25) is 9.69 Å². The molecule has 0 atom stereocenters. The quantitative estimate of drug-likeness (QED) is 0.577. The number of fused-ring (bicyclic) bond motifs is 1. The Morgan fingerprint density at radius 1 is 1.10 bits per heavy atom. The second-order valence-corrected chi connectivity index (χ2v) is 8.02. The van der Waals surface area contributed by atoms with Crippen LogP contribution in [0.5, 0.6) is 5.75 Å². The summed E-state index contributed by atoms with van der Waals surface area (Å²) in [6, 6.07) is 15.8. The Morgan fingerprint density at radius 3 is 2.72 bits per heavy atom. The van der Waals surface area contributed by atoms with Crippen LogP contribution in [0.4, 0.5) is 0 Å². The van der Waals surface area contributed by atoms with Crippen LogP contribution in [0.25, 0.3) is 11.1 Å². The van der Waals surface area contributed by atoms with Crippen molar-refractivity contribution in [1.82, 2.24) is 14.8 Å². The predicted molar refractivity (Wildman–Crippen MR) is 114 cm³/mol. The first-order valence-corrected chi connectivity index (χ1v) is 10.8. The zero-order chi connectivity index (χ0) is 20.1. The van der Waals surface area contributed by atoms with Crippen molar-refractivity contribution in [2.24, 2.45) is 0 Å². The fraction of sp³-hybridized carbons (Fsp3) is 0.364. The third kappa shape index (κ3) is 5.10. The van der Waals surface area contributed by atoms with E-state index < -0.39 is 0 Å². The smallest absolute Gasteiger partial charge is 0.257 e. The summed E-state index contributed by atoms with van der Waals surface area (Å²) in [5, 5.41) is 0.551. The van der Waals surface area contributed by atoms with Gasteiger partial charge in [-0.05, 0) is 36.2 Å². The van der Waals surface area contributed by atoms with Crippen LogP contribution in [-0.2, 0) is 11.3 Å². The molecule has 1 saturated heterocycles. The molecule has 1 amide bonds. The van der Waals surface area contributed by atoms with E-state index in [0.717, 1.165) is 56.0 Å². The van der Waals surface area contributed by atoms with Crippen LogP contribution in [0.2, 0.25) is 0 Å². The maximum absolute atomic E-state index is 12.7. The molecule has 3 aromatic rings. The number of thioether (sulfide) groups is 1. The zero-order valence-electron chi connectivity index (χ0n) is 16.5. The van der Waals surface area contributed by atoms with Crippen molar-refractivity contribution in [2.75, 3.05) is 39.0 Å². The van der Waals surface area contributed by atoms with Crippen molar-refractivity contribution in [3.8, 4) is 5.75 Å². The van der Waals surface area contributed by atoms with E-state index in [1.165, 1.54) is 17.3 Å². The van der Waals surface area contributed by atoms with Crippen LogP contribution >= 0.6 is 11.8 Å². The van der Waals surface area contributed by atoms with E-state index >= 15 is 0 Å². The summed E-state index contributed by atoms with van der Waals surface area (Å²) in [6.45, 7) is 4.32. The number of carbonyl (C=O) groups is 1. The van der Waals surface area contributed by atoms with Gasteiger partial charge in [0.1, 0.15) is 11.3 Å². The van der Waals surface area contributed by atoms with Gasteiger partial charge in [0.25, 0.3) is 5.22 Å². The van der Waals surface area contributed by atoms with Crippen LogP contribution < -0.4 is 4.74 Å². The molecule has 1 aromatic heterocycles. The molecule has 0 saturated carbocycles. The molecule has 0 spiro atoms. The number of hydrogen-bond acceptors (Lipinski definition) is 6. The lowest BCUT2D eigenvalue weighted by Gasteiger charge is -2.22. The molecule has 1 aliphatic heterocycles. The van der Waals surface area contributed by atoms with Crippen LogP contribution in [0.3, 0.4) is 0 Å². The molecule has 7 heteroatoms. The van der Waals surface area contributed by atoms with Gasteiger partial charge in [-0.2, -0.15) is 0 Å². The predicted octanol–water partition coefficient (Wildman–Crippen LogP) is 3.66. The van der Waals surface area contributed by atoms with Crippen molar-refractivity contribution in [3.05, 3.63) is 54.1 Å². The lowest BCUT2D eigenvalue weighted by Crippen LogP contribution is -2.36. The van der Waals surface area contributed by atoms with Gasteiger partial charge in [0, 0.05) is 32.7 Å². The molecule has 4 rings (SSSR count). The maximum Gasteiger partial charge on any atom is 0.257 e. The first-order chi connectivity index (χ1) is 14.2. The molecular formula is C22H25N3O3S. The number of carbonyl (C=O) groups excluding carboxylic acids is 1. The second-order valence-electron chi connectivity index (χ2n) is 7.09. The SMILES string of the molecule is COc1ccc(CN2CCCN(C(=O)CSc3nc4ccccc4o3)CC2)cc1. The highest BCUT2D eigenvalue weighted by Crippen LogP contribution is 2.23. The first-order valence-electron chi connectivity index (χ1n) is 9.83. The van der Waals surface area contributed by atoms with Crippen molar-refractivity contribution in [3.63, 3.8) is 0 Å². The number of hydrogen-bond donors (Lipinski definition) is 0. The molecular weight excluding hydrogens is 386 g/mol. The lowest BCUT2D eigenvalue weighted by atomic mass is 10.2. The summed E-state index contributed by atoms with van der Waals surface area (Å²) in [4.78, 5) is 21.5. The number of nitrogens with zero attached hydrogens (tertiary/aromatic N) is 3. The first kappa shape index (κ1) is 19.8. The van der Waals surface area contributed by atoms with E-state index in [2.05, 4.69) is 22.0 Å². The van der Waals surface area contributed by atoms with E-state index in [-0.39, 0.29) is 5.91 Å². The van der Waals surface area contributed by atoms with Gasteiger partial charge in [0.2, 0.25) is 5.91 Å². The molecule has 1 fully saturated rings. The third-order valence-corrected chi connectivity index (χ3v) is 5.91. The number of aromatic nitrogens is 1. The summed E-state index contributed by atoms with van der Waals surface area (Å²) in [5.74, 6) is 1.37. The third-order valence-electron chi connectivity index (χ3n) is 5.10. The van der Waals surface area contributed by atoms with E-state index in [1.54, 1.807) is 7.11 Å². The van der Waals surface area contributed by atoms with Gasteiger partial charge in [0.05, 0.1) is 12.9 Å². The number of oxazole rings is 1. The average molecular weight is 412 g/mol. The van der Waals surface area contributed by atoms with Crippen LogP contribution in [0.1, 0.15) is 12.0 Å². The molecule has 0 N–H and O–H groups in total. The molecule has 152 valence electrons. The highest BCUT2D eigenvalue weighted by atomic mass is 32.2. The number of para-hydroxylation sites is 2. The fourth-order valence-electron chi connectivity index (χ4n) is 3.50. The van der Waals surface area contributed by atoms with Crippen molar-refractivity contribution < 1.29 is 13.9 Å². The highest BCUT2D eigenvalue weighted by molar-refractivity contribution is 7.99. The zero-order valence-corrected chi connectivity index (χ0v) is 17.4. The normalized spacial score (nSPS) is 15.4. The van der Waals surface area contributed by atoms with Gasteiger partial charge in [-0.25, -0.2) is 4.98 Å². The van der Waals surface area contributed by atoms with Gasteiger partial charge >= 0.3 is 0 Å². The second kappa shape index (κ2) is 9.33. The summed E-state index contributed by atoms with van der Waals surface area (Å²) < 4.78 is 10.9. The number of rotatable bonds is 6. The monoisotopic (exact) mass is 411 g/mol. The summed E-state index contributed by atoms with van der Waals surface area (Å²) in [7, 11) is 1.68. The number of methoxy groups -OCH3 is 1. The van der Waals surface area contributed by atoms with E-state index in [0.29, 0.717) is 11.0 Å². The molecule has 0 aliphatic carbocycles. The molecule has 0 unspecified atom stereocenters. The average Bonchev–Trinajstić information content (AvgIpc) is 3.03. The van der Waals surface area contributed by atoms with Crippen LogP contribution in [-0.4, -0.2) is 59.7 Å². The number of benzene rings is 2. The molecule has 2 aromatic carbocycles. The Labute approximate surface area is 174 Å². The Hall–Kier alpha value is -2.51. The van der Waals surface area contributed by atoms with E-state index in [4.69, 9.17) is 9.15 Å². The largest absolute Gasteiger partial charge is 0.497 e. The van der Waals surface area contributed by atoms with Crippen molar-refractivity contribution in [1.29, 1.82) is 0 Å². The Bertz CT molecular complexity index is 924. The molecule has 29 heavy (non-hydrogen) atoms. The summed E-state index contributed by atoms with van der Waals surface area (Å²) in [5.41, 5.74) is 2.84. The summed E-state index contributed by atoms with van der Waals surface area (Å²) in [6.07, 6.45) is 0.982. The van der Waals surface area contributed by atoms with Crippen LogP contribution in [0.15, 0.2) is 58.2 Å². The molecule has 6 nitrogen and oxygen atoms in total. The molecule has 0 bridgehead atoms. The molecule has 1 aliphatic rings. The minimum Gasteiger partial charge on any atom is -0.497 e. The van der Waals surface area contributed by atoms with Gasteiger partial charge in [0.15, 0.2) is 5.58 Å². The van der Waals surface area contributed by atoms with Gasteiger partial charge in [-0.15, -0.1) is 0 Å². The minimum absolute atomic E-state index is 0.142. The maximum atomic E-state index is 12.7. The summed E-state index contributed by atoms with van der Waals surface area (Å²) >= 11 is 1.37. The lowest BCUT2D eigenvalue weighted by molar-refractivity contribution is -0.128. The number of ether oxygens (including phenoxy) is 1. The Morgan fingerprint density at radius 2 is 1.93 bits per heavy atom. The van der Waals surface area contributed by atoms with Crippen molar-refractivity contribution in [2.45, 2.75) is 18.2 Å². The minimum atomic E-state index is 0.142. The van der Waals surface area contributed by atoms with E-state index in [1.807, 2.05) is 41.3 Å². The topological polar surface area (TPSA) is 58.8 Å². The Kier molecular flexibility index (Phi) is 6.36. The van der Waals surface area contributed by atoms with Gasteiger partial charge < -0.3 is 14.1 Å². The van der Waals surface area contributed by atoms with Crippen LogP contribution in [0, 0.1) is 0 Å². The van der Waals surface area contributed by atoms with E-state index in [9.17, 15) is 4.79 Å². The highest BCUT2D eigenvalue weighted by Gasteiger charge is 2.20. The Balaban J connectivity index is 1.27. The molecule has 2 heterocycles. The standard InChI is InChI=1S/C22H25N3O3S/c1-27-18-9-7-17(8-10-18)15-24-11-4-12-25(14-13-24)21(26)16-29-22-23-19-5-2-3-6-20(19)28-22/h2-3,5-10H,4,11-16H2,1H3. The van der Waals surface area contributed by atoms with Crippen molar-refractivity contribution >= 4 is 28.8 Å². The number of amides is 1. The molecule has 0 radical (unpaired) electrons. The van der Waals surface area contributed by atoms with Gasteiger partial charge in [-0.1, -0.05) is 36.0 Å². The fourth-order valence-corrected chi connectivity index (χ4v) is 4.24.